The Morgan fingerprint density at radius 1 is 1.17 bits per heavy atom. The smallest absolute Gasteiger partial charge is 0.316 e. The summed E-state index contributed by atoms with van der Waals surface area (Å²) in [4.78, 5) is 9.08. The van der Waals surface area contributed by atoms with Gasteiger partial charge < -0.3 is 14.5 Å². The number of fused-ring (bicyclic) bond motifs is 1. The van der Waals surface area contributed by atoms with Crippen molar-refractivity contribution in [1.29, 1.82) is 0 Å². The van der Waals surface area contributed by atoms with Gasteiger partial charge in [-0.2, -0.15) is 0 Å². The maximum Gasteiger partial charge on any atom is 0.316 e. The normalized spacial score (nSPS) is 13.7. The zero-order valence-electron chi connectivity index (χ0n) is 18.1. The number of aliphatic imine (C=N–C) groups is 1. The van der Waals surface area contributed by atoms with Gasteiger partial charge >= 0.3 is 6.01 Å². The predicted molar refractivity (Wildman–Crippen MR) is 120 cm³/mol. The van der Waals surface area contributed by atoms with Crippen LogP contribution in [0.15, 0.2) is 39.3 Å². The Morgan fingerprint density at radius 2 is 2.00 bits per heavy atom. The fourth-order valence-corrected chi connectivity index (χ4v) is 3.48. The minimum atomic E-state index is -0.0952. The first kappa shape index (κ1) is 20.1. The zero-order chi connectivity index (χ0) is 21.3. The summed E-state index contributed by atoms with van der Waals surface area (Å²) in [7, 11) is 0. The van der Waals surface area contributed by atoms with Crippen LogP contribution in [0.3, 0.4) is 0 Å². The molecule has 0 saturated carbocycles. The van der Waals surface area contributed by atoms with Gasteiger partial charge in [0.2, 0.25) is 0 Å². The van der Waals surface area contributed by atoms with Gasteiger partial charge in [0, 0.05) is 18.1 Å². The lowest BCUT2D eigenvalue weighted by Gasteiger charge is -2.22. The van der Waals surface area contributed by atoms with Crippen molar-refractivity contribution in [2.45, 2.75) is 40.0 Å². The maximum absolute atomic E-state index is 5.83. The second kappa shape index (κ2) is 7.89. The summed E-state index contributed by atoms with van der Waals surface area (Å²) in [5.41, 5.74) is 4.89. The molecule has 0 spiro atoms. The van der Waals surface area contributed by atoms with Crippen LogP contribution in [-0.4, -0.2) is 41.1 Å². The van der Waals surface area contributed by atoms with Crippen LogP contribution in [0.1, 0.15) is 38.8 Å². The lowest BCUT2D eigenvalue weighted by Crippen LogP contribution is -2.13. The Bertz CT molecular complexity index is 1140. The van der Waals surface area contributed by atoms with E-state index in [2.05, 4.69) is 60.3 Å². The molecule has 3 heterocycles. The highest BCUT2D eigenvalue weighted by atomic mass is 16.5. The molecule has 30 heavy (non-hydrogen) atoms. The Balaban J connectivity index is 1.71. The number of rotatable bonds is 6. The van der Waals surface area contributed by atoms with Gasteiger partial charge in [-0.3, -0.25) is 4.99 Å². The number of hydrogen-bond acceptors (Lipinski definition) is 7. The molecule has 7 nitrogen and oxygen atoms in total. The van der Waals surface area contributed by atoms with Gasteiger partial charge in [0.25, 0.3) is 5.89 Å². The summed E-state index contributed by atoms with van der Waals surface area (Å²) in [6.07, 6.45) is 3.80. The van der Waals surface area contributed by atoms with E-state index >= 15 is 0 Å². The second-order valence-electron chi connectivity index (χ2n) is 8.46. The maximum atomic E-state index is 5.83. The summed E-state index contributed by atoms with van der Waals surface area (Å²) in [5.74, 6) is 1.26. The van der Waals surface area contributed by atoms with E-state index in [0.29, 0.717) is 37.3 Å². The topological polar surface area (TPSA) is 85.4 Å². The average molecular weight is 406 g/mol. The summed E-state index contributed by atoms with van der Waals surface area (Å²) in [5, 5.41) is 12.5. The monoisotopic (exact) mass is 405 g/mol. The number of aryl methyl sites for hydroxylation is 1. The van der Waals surface area contributed by atoms with Crippen molar-refractivity contribution >= 4 is 23.1 Å². The van der Waals surface area contributed by atoms with Crippen molar-refractivity contribution in [3.8, 4) is 17.3 Å². The number of aromatic nitrogens is 3. The van der Waals surface area contributed by atoms with Gasteiger partial charge in [-0.1, -0.05) is 25.9 Å². The molecule has 4 rings (SSSR count). The number of anilines is 1. The van der Waals surface area contributed by atoms with Crippen LogP contribution in [0.2, 0.25) is 0 Å². The predicted octanol–water partition coefficient (Wildman–Crippen LogP) is 4.71. The number of ether oxygens (including phenoxy) is 1. The van der Waals surface area contributed by atoms with E-state index in [0.717, 1.165) is 27.8 Å². The molecule has 1 N–H and O–H groups in total. The average Bonchev–Trinajstić information content (AvgIpc) is 3.37. The van der Waals surface area contributed by atoms with Crippen molar-refractivity contribution in [2.75, 3.05) is 25.0 Å². The van der Waals surface area contributed by atoms with Crippen LogP contribution in [0, 0.1) is 6.92 Å². The Morgan fingerprint density at radius 3 is 2.70 bits per heavy atom. The van der Waals surface area contributed by atoms with Gasteiger partial charge in [0.15, 0.2) is 0 Å². The number of nitrogens with one attached hydrogen (secondary N) is 1. The van der Waals surface area contributed by atoms with Crippen LogP contribution in [-0.2, 0) is 5.41 Å². The summed E-state index contributed by atoms with van der Waals surface area (Å²) in [6, 6.07) is 6.49. The quantitative estimate of drug-likeness (QED) is 0.639. The second-order valence-corrected chi connectivity index (χ2v) is 8.46. The highest BCUT2D eigenvalue weighted by molar-refractivity contribution is 5.89. The molecule has 0 atom stereocenters. The molecule has 7 heteroatoms. The van der Waals surface area contributed by atoms with E-state index < -0.39 is 0 Å². The molecule has 0 saturated heterocycles. The van der Waals surface area contributed by atoms with Gasteiger partial charge in [0.1, 0.15) is 11.4 Å². The molecule has 1 aliphatic heterocycles. The standard InChI is InChI=1S/C23H27N5O2/c1-6-29-16-10-17-14(2)9-19(26-20(17)18(11-16)23(3,4)5)21-27-28-22(30-21)25-13-15-7-8-24-12-15/h7-11H,6,12-13H2,1-5H3,(H,25,28). The minimum Gasteiger partial charge on any atom is -0.494 e. The van der Waals surface area contributed by atoms with Crippen LogP contribution in [0.5, 0.6) is 5.75 Å². The van der Waals surface area contributed by atoms with Gasteiger partial charge in [0.05, 0.1) is 18.7 Å². The van der Waals surface area contributed by atoms with Crippen molar-refractivity contribution in [3.63, 3.8) is 0 Å². The number of benzene rings is 1. The SMILES string of the molecule is CCOc1cc(C(C)(C)C)c2nc(-c3nnc(NCC4=CC=NC4)o3)cc(C)c2c1. The molecule has 3 aromatic rings. The number of nitrogens with zero attached hydrogens (tertiary/aromatic N) is 4. The lowest BCUT2D eigenvalue weighted by atomic mass is 9.84. The molecule has 0 fully saturated rings. The van der Waals surface area contributed by atoms with Gasteiger partial charge in [-0.05, 0) is 60.2 Å². The first-order valence-electron chi connectivity index (χ1n) is 10.2. The van der Waals surface area contributed by atoms with Gasteiger partial charge in [-0.15, -0.1) is 5.10 Å². The van der Waals surface area contributed by atoms with E-state index in [1.165, 1.54) is 5.57 Å². The highest BCUT2D eigenvalue weighted by Gasteiger charge is 2.22. The van der Waals surface area contributed by atoms with Crippen LogP contribution in [0.25, 0.3) is 22.5 Å². The zero-order valence-corrected chi connectivity index (χ0v) is 18.1. The molecular weight excluding hydrogens is 378 g/mol. The number of allylic oxidation sites excluding steroid dienone is 1. The first-order chi connectivity index (χ1) is 14.3. The Hall–Kier alpha value is -3.22. The van der Waals surface area contributed by atoms with Crippen molar-refractivity contribution in [3.05, 3.63) is 41.0 Å². The summed E-state index contributed by atoms with van der Waals surface area (Å²) < 4.78 is 11.6. The Kier molecular flexibility index (Phi) is 5.28. The van der Waals surface area contributed by atoms with Gasteiger partial charge in [-0.25, -0.2) is 4.98 Å². The minimum absolute atomic E-state index is 0.0952. The molecule has 0 amide bonds. The molecule has 1 aliphatic rings. The number of pyridine rings is 1. The molecule has 0 unspecified atom stereocenters. The summed E-state index contributed by atoms with van der Waals surface area (Å²) in [6.45, 7) is 12.6. The fraction of sp³-hybridized carbons (Fsp3) is 0.391. The number of hydrogen-bond donors (Lipinski definition) is 1. The molecule has 0 radical (unpaired) electrons. The third-order valence-corrected chi connectivity index (χ3v) is 5.03. The van der Waals surface area contributed by atoms with E-state index in [1.807, 2.05) is 25.3 Å². The highest BCUT2D eigenvalue weighted by Crippen LogP contribution is 2.36. The molecule has 1 aromatic carbocycles. The molecule has 2 aromatic heterocycles. The summed E-state index contributed by atoms with van der Waals surface area (Å²) >= 11 is 0. The van der Waals surface area contributed by atoms with Crippen LogP contribution in [0.4, 0.5) is 6.01 Å². The van der Waals surface area contributed by atoms with E-state index in [9.17, 15) is 0 Å². The van der Waals surface area contributed by atoms with Crippen molar-refractivity contribution in [2.24, 2.45) is 4.99 Å². The molecular formula is C23H27N5O2. The fourth-order valence-electron chi connectivity index (χ4n) is 3.48. The lowest BCUT2D eigenvalue weighted by molar-refractivity contribution is 0.339. The molecule has 156 valence electrons. The largest absolute Gasteiger partial charge is 0.494 e. The van der Waals surface area contributed by atoms with Crippen molar-refractivity contribution < 1.29 is 9.15 Å². The van der Waals surface area contributed by atoms with E-state index in [1.54, 1.807) is 0 Å². The Labute approximate surface area is 176 Å². The van der Waals surface area contributed by atoms with E-state index in [-0.39, 0.29) is 5.41 Å². The molecule has 0 bridgehead atoms. The molecule has 0 aliphatic carbocycles. The first-order valence-corrected chi connectivity index (χ1v) is 10.2. The van der Waals surface area contributed by atoms with Crippen LogP contribution < -0.4 is 10.1 Å². The van der Waals surface area contributed by atoms with E-state index in [4.69, 9.17) is 14.1 Å². The third-order valence-electron chi connectivity index (χ3n) is 5.03. The van der Waals surface area contributed by atoms with Crippen LogP contribution >= 0.6 is 0 Å². The third kappa shape index (κ3) is 4.06. The van der Waals surface area contributed by atoms with Crippen molar-refractivity contribution in [1.82, 2.24) is 15.2 Å².